The molecule has 0 bridgehead atoms. The van der Waals surface area contributed by atoms with Crippen molar-refractivity contribution in [1.82, 2.24) is 4.90 Å². The Labute approximate surface area is 119 Å². The summed E-state index contributed by atoms with van der Waals surface area (Å²) in [6.45, 7) is 3.66. The quantitative estimate of drug-likeness (QED) is 0.857. The maximum atomic E-state index is 11.2. The molecule has 5 nitrogen and oxygen atoms in total. The number of ether oxygens (including phenoxy) is 2. The molecule has 0 saturated carbocycles. The first-order valence-electron chi connectivity index (χ1n) is 6.85. The molecule has 0 amide bonds. The van der Waals surface area contributed by atoms with Crippen LogP contribution in [-0.2, 0) is 16.0 Å². The maximum Gasteiger partial charge on any atom is 0.336 e. The number of carboxylic acids is 1. The second-order valence-electron chi connectivity index (χ2n) is 4.97. The number of carbonyl (C=O) groups is 1. The number of rotatable bonds is 6. The second kappa shape index (κ2) is 7.38. The van der Waals surface area contributed by atoms with Crippen LogP contribution in [0.4, 0.5) is 0 Å². The molecule has 1 aromatic rings. The molecule has 110 valence electrons. The fourth-order valence-electron chi connectivity index (χ4n) is 2.46. The van der Waals surface area contributed by atoms with Gasteiger partial charge in [-0.1, -0.05) is 18.2 Å². The zero-order valence-electron chi connectivity index (χ0n) is 11.7. The van der Waals surface area contributed by atoms with Crippen LogP contribution in [0.3, 0.4) is 0 Å². The number of hydrogen-bond acceptors (Lipinski definition) is 4. The van der Waals surface area contributed by atoms with E-state index in [9.17, 15) is 9.90 Å². The molecule has 0 spiro atoms. The summed E-state index contributed by atoms with van der Waals surface area (Å²) in [4.78, 5) is 13.5. The Bertz CT molecular complexity index is 449. The van der Waals surface area contributed by atoms with Crippen molar-refractivity contribution >= 4 is 5.97 Å². The van der Waals surface area contributed by atoms with Gasteiger partial charge in [0.2, 0.25) is 0 Å². The summed E-state index contributed by atoms with van der Waals surface area (Å²) in [6.07, 6.45) is 1.04. The topological polar surface area (TPSA) is 59.0 Å². The Morgan fingerprint density at radius 1 is 1.50 bits per heavy atom. The van der Waals surface area contributed by atoms with Gasteiger partial charge < -0.3 is 14.6 Å². The van der Waals surface area contributed by atoms with Crippen molar-refractivity contribution in [2.24, 2.45) is 0 Å². The van der Waals surface area contributed by atoms with Gasteiger partial charge in [0.1, 0.15) is 0 Å². The SMILES string of the molecule is COCCC1CN(Cc2ccccc2C(=O)O)CCO1. The normalized spacial score (nSPS) is 19.9. The van der Waals surface area contributed by atoms with Gasteiger partial charge in [-0.25, -0.2) is 4.79 Å². The fourth-order valence-corrected chi connectivity index (χ4v) is 2.46. The monoisotopic (exact) mass is 279 g/mol. The van der Waals surface area contributed by atoms with Crippen LogP contribution in [0.25, 0.3) is 0 Å². The molecular weight excluding hydrogens is 258 g/mol. The molecule has 1 heterocycles. The molecule has 1 N–H and O–H groups in total. The zero-order chi connectivity index (χ0) is 14.4. The van der Waals surface area contributed by atoms with Crippen molar-refractivity contribution in [3.8, 4) is 0 Å². The summed E-state index contributed by atoms with van der Waals surface area (Å²) < 4.78 is 10.8. The number of benzene rings is 1. The van der Waals surface area contributed by atoms with E-state index in [1.807, 2.05) is 12.1 Å². The van der Waals surface area contributed by atoms with Gasteiger partial charge in [0.15, 0.2) is 0 Å². The number of carboxylic acid groups (broad SMARTS) is 1. The van der Waals surface area contributed by atoms with Crippen LogP contribution in [-0.4, -0.2) is 55.5 Å². The van der Waals surface area contributed by atoms with Gasteiger partial charge in [-0.3, -0.25) is 4.90 Å². The van der Waals surface area contributed by atoms with Crippen LogP contribution in [0.1, 0.15) is 22.3 Å². The molecule has 1 atom stereocenters. The van der Waals surface area contributed by atoms with E-state index in [2.05, 4.69) is 4.90 Å². The third-order valence-corrected chi connectivity index (χ3v) is 3.51. The van der Waals surface area contributed by atoms with E-state index < -0.39 is 5.97 Å². The van der Waals surface area contributed by atoms with Crippen molar-refractivity contribution in [2.45, 2.75) is 19.1 Å². The predicted octanol–water partition coefficient (Wildman–Crippen LogP) is 1.62. The highest BCUT2D eigenvalue weighted by molar-refractivity contribution is 5.89. The number of morpholine rings is 1. The van der Waals surface area contributed by atoms with E-state index in [-0.39, 0.29) is 6.10 Å². The summed E-state index contributed by atoms with van der Waals surface area (Å²) in [5.41, 5.74) is 1.24. The molecule has 1 unspecified atom stereocenters. The van der Waals surface area contributed by atoms with Gasteiger partial charge in [0.05, 0.1) is 18.3 Å². The van der Waals surface area contributed by atoms with Gasteiger partial charge in [-0.05, 0) is 18.1 Å². The van der Waals surface area contributed by atoms with Crippen LogP contribution < -0.4 is 0 Å². The lowest BCUT2D eigenvalue weighted by molar-refractivity contribution is -0.0433. The van der Waals surface area contributed by atoms with Gasteiger partial charge in [0.25, 0.3) is 0 Å². The molecular formula is C15H21NO4. The average Bonchev–Trinajstić information content (AvgIpc) is 2.46. The lowest BCUT2D eigenvalue weighted by Gasteiger charge is -2.33. The summed E-state index contributed by atoms with van der Waals surface area (Å²) >= 11 is 0. The van der Waals surface area contributed by atoms with Crippen LogP contribution in [0.2, 0.25) is 0 Å². The van der Waals surface area contributed by atoms with Gasteiger partial charge in [-0.15, -0.1) is 0 Å². The minimum absolute atomic E-state index is 0.167. The second-order valence-corrected chi connectivity index (χ2v) is 4.97. The molecule has 1 aliphatic rings. The van der Waals surface area contributed by atoms with Crippen LogP contribution in [0.5, 0.6) is 0 Å². The number of methoxy groups -OCH3 is 1. The van der Waals surface area contributed by atoms with Crippen molar-refractivity contribution in [1.29, 1.82) is 0 Å². The molecule has 2 rings (SSSR count). The van der Waals surface area contributed by atoms with E-state index in [4.69, 9.17) is 9.47 Å². The van der Waals surface area contributed by atoms with E-state index in [0.29, 0.717) is 25.3 Å². The Morgan fingerprint density at radius 2 is 2.30 bits per heavy atom. The Balaban J connectivity index is 1.97. The van der Waals surface area contributed by atoms with E-state index in [1.165, 1.54) is 0 Å². The highest BCUT2D eigenvalue weighted by Crippen LogP contribution is 2.15. The third kappa shape index (κ3) is 4.03. The van der Waals surface area contributed by atoms with Crippen molar-refractivity contribution < 1.29 is 19.4 Å². The highest BCUT2D eigenvalue weighted by Gasteiger charge is 2.21. The van der Waals surface area contributed by atoms with Gasteiger partial charge in [-0.2, -0.15) is 0 Å². The minimum atomic E-state index is -0.871. The summed E-state index contributed by atoms with van der Waals surface area (Å²) in [6, 6.07) is 7.17. The molecule has 1 aromatic carbocycles. The molecule has 1 aliphatic heterocycles. The molecule has 0 radical (unpaired) electrons. The van der Waals surface area contributed by atoms with Crippen LogP contribution in [0.15, 0.2) is 24.3 Å². The lowest BCUT2D eigenvalue weighted by Crippen LogP contribution is -2.42. The minimum Gasteiger partial charge on any atom is -0.478 e. The van der Waals surface area contributed by atoms with Crippen LogP contribution >= 0.6 is 0 Å². The fraction of sp³-hybridized carbons (Fsp3) is 0.533. The highest BCUT2D eigenvalue weighted by atomic mass is 16.5. The first kappa shape index (κ1) is 15.0. The summed E-state index contributed by atoms with van der Waals surface area (Å²) in [5, 5.41) is 9.20. The standard InChI is InChI=1S/C15H21NO4/c1-19-8-6-13-11-16(7-9-20-13)10-12-4-2-3-5-14(12)15(17)18/h2-5,13H,6-11H2,1H3,(H,17,18). The van der Waals surface area contributed by atoms with Crippen molar-refractivity contribution in [3.63, 3.8) is 0 Å². The predicted molar refractivity (Wildman–Crippen MR) is 74.9 cm³/mol. The van der Waals surface area contributed by atoms with E-state index >= 15 is 0 Å². The lowest BCUT2D eigenvalue weighted by atomic mass is 10.1. The molecule has 1 saturated heterocycles. The largest absolute Gasteiger partial charge is 0.478 e. The van der Waals surface area contributed by atoms with Crippen molar-refractivity contribution in [3.05, 3.63) is 35.4 Å². The maximum absolute atomic E-state index is 11.2. The molecule has 1 fully saturated rings. The van der Waals surface area contributed by atoms with E-state index in [1.54, 1.807) is 19.2 Å². The zero-order valence-corrected chi connectivity index (χ0v) is 11.7. The Morgan fingerprint density at radius 3 is 3.05 bits per heavy atom. The van der Waals surface area contributed by atoms with Gasteiger partial charge in [0, 0.05) is 33.4 Å². The average molecular weight is 279 g/mol. The summed E-state index contributed by atoms with van der Waals surface area (Å²) in [5.74, 6) is -0.871. The Kier molecular flexibility index (Phi) is 5.52. The molecule has 20 heavy (non-hydrogen) atoms. The smallest absolute Gasteiger partial charge is 0.336 e. The molecule has 0 aromatic heterocycles. The van der Waals surface area contributed by atoms with Crippen molar-refractivity contribution in [2.75, 3.05) is 33.4 Å². The Hall–Kier alpha value is -1.43. The number of nitrogens with zero attached hydrogens (tertiary/aromatic N) is 1. The third-order valence-electron chi connectivity index (χ3n) is 3.51. The molecule has 5 heteroatoms. The van der Waals surface area contributed by atoms with Gasteiger partial charge >= 0.3 is 5.97 Å². The first-order valence-corrected chi connectivity index (χ1v) is 6.85. The molecule has 0 aliphatic carbocycles. The number of hydrogen-bond donors (Lipinski definition) is 1. The van der Waals surface area contributed by atoms with E-state index in [0.717, 1.165) is 25.1 Å². The van der Waals surface area contributed by atoms with Crippen LogP contribution in [0, 0.1) is 0 Å². The summed E-state index contributed by atoms with van der Waals surface area (Å²) in [7, 11) is 1.68. The number of aromatic carboxylic acids is 1. The first-order chi connectivity index (χ1) is 9.70.